The van der Waals surface area contributed by atoms with Crippen molar-refractivity contribution in [3.8, 4) is 0 Å². The van der Waals surface area contributed by atoms with Crippen LogP contribution in [0.5, 0.6) is 0 Å². The number of hydrogen-bond acceptors (Lipinski definition) is 24. The van der Waals surface area contributed by atoms with Gasteiger partial charge in [-0.1, -0.05) is 137 Å². The molecule has 0 radical (unpaired) electrons. The van der Waals surface area contributed by atoms with Crippen molar-refractivity contribution in [2.45, 2.75) is 376 Å². The molecule has 0 aromatic rings. The predicted octanol–water partition coefficient (Wildman–Crippen LogP) is 5.33. The third kappa shape index (κ3) is 20.8. The molecular formula is C63H110O24. The van der Waals surface area contributed by atoms with Gasteiger partial charge >= 0.3 is 17.9 Å². The maximum absolute atomic E-state index is 14.3. The number of carbonyl (C=O) groups is 3. The fourth-order valence-corrected chi connectivity index (χ4v) is 12.3. The monoisotopic (exact) mass is 1250 g/mol. The highest BCUT2D eigenvalue weighted by Gasteiger charge is 2.58. The summed E-state index contributed by atoms with van der Waals surface area (Å²) >= 11 is 0. The van der Waals surface area contributed by atoms with Gasteiger partial charge in [-0.15, -0.1) is 0 Å². The van der Waals surface area contributed by atoms with Crippen molar-refractivity contribution < 1.29 is 117 Å². The van der Waals surface area contributed by atoms with Crippen molar-refractivity contribution in [3.63, 3.8) is 0 Å². The van der Waals surface area contributed by atoms with E-state index in [0.717, 1.165) is 109 Å². The molecule has 4 bridgehead atoms. The van der Waals surface area contributed by atoms with E-state index in [1.54, 1.807) is 27.7 Å². The van der Waals surface area contributed by atoms with E-state index in [1.807, 2.05) is 0 Å². The van der Waals surface area contributed by atoms with E-state index in [0.29, 0.717) is 25.7 Å². The molecule has 0 aromatic carbocycles. The Morgan fingerprint density at radius 3 is 1.63 bits per heavy atom. The number of rotatable bonds is 24. The van der Waals surface area contributed by atoms with Crippen LogP contribution in [0.15, 0.2) is 0 Å². The third-order valence-electron chi connectivity index (χ3n) is 18.2. The number of aliphatic hydroxyl groups is 8. The molecule has 0 unspecified atom stereocenters. The predicted molar refractivity (Wildman–Crippen MR) is 311 cm³/mol. The van der Waals surface area contributed by atoms with Gasteiger partial charge in [0.25, 0.3) is 0 Å². The zero-order chi connectivity index (χ0) is 63.5. The largest absolute Gasteiger partial charge is 0.457 e. The summed E-state index contributed by atoms with van der Waals surface area (Å²) in [6.45, 7) is 15.4. The van der Waals surface area contributed by atoms with E-state index < -0.39 is 177 Å². The fourth-order valence-electron chi connectivity index (χ4n) is 12.3. The van der Waals surface area contributed by atoms with Crippen LogP contribution in [0.1, 0.15) is 216 Å². The lowest BCUT2D eigenvalue weighted by molar-refractivity contribution is -0.398. The Bertz CT molecular complexity index is 1990. The van der Waals surface area contributed by atoms with E-state index >= 15 is 0 Å². The maximum atomic E-state index is 14.3. The highest BCUT2D eigenvalue weighted by Crippen LogP contribution is 2.39. The van der Waals surface area contributed by atoms with Crippen molar-refractivity contribution in [1.82, 2.24) is 0 Å². The summed E-state index contributed by atoms with van der Waals surface area (Å²) in [6.07, 6.45) is -19.0. The van der Waals surface area contributed by atoms with Gasteiger partial charge in [-0.25, -0.2) is 0 Å². The quantitative estimate of drug-likeness (QED) is 0.0344. The fraction of sp³-hybridized carbons (Fsp3) is 0.952. The number of fused-ring (bicyclic) bond motifs is 4. The van der Waals surface area contributed by atoms with E-state index in [9.17, 15) is 55.2 Å². The molecule has 0 spiro atoms. The van der Waals surface area contributed by atoms with Crippen LogP contribution >= 0.6 is 0 Å². The second-order valence-electron chi connectivity index (χ2n) is 25.3. The first-order valence-corrected chi connectivity index (χ1v) is 33.2. The zero-order valence-corrected chi connectivity index (χ0v) is 53.2. The van der Waals surface area contributed by atoms with Crippen LogP contribution in [0.4, 0.5) is 0 Å². The minimum Gasteiger partial charge on any atom is -0.457 e. The summed E-state index contributed by atoms with van der Waals surface area (Å²) in [5, 5.41) is 92.4. The molecule has 0 amide bonds. The second-order valence-corrected chi connectivity index (χ2v) is 25.3. The van der Waals surface area contributed by atoms with Gasteiger partial charge in [0.05, 0.1) is 42.5 Å². The Hall–Kier alpha value is -2.31. The molecule has 27 atom stereocenters. The Balaban J connectivity index is 1.34. The Morgan fingerprint density at radius 2 is 0.966 bits per heavy atom. The number of hydrogen-bond donors (Lipinski definition) is 8. The molecule has 0 saturated carbocycles. The van der Waals surface area contributed by atoms with Gasteiger partial charge in [0.2, 0.25) is 0 Å². The lowest BCUT2D eigenvalue weighted by Crippen LogP contribution is -2.68. The lowest BCUT2D eigenvalue weighted by Gasteiger charge is -2.51. The van der Waals surface area contributed by atoms with Crippen molar-refractivity contribution in [2.24, 2.45) is 5.92 Å². The molecule has 6 fully saturated rings. The van der Waals surface area contributed by atoms with Crippen molar-refractivity contribution in [2.75, 3.05) is 0 Å². The summed E-state index contributed by atoms with van der Waals surface area (Å²) in [6, 6.07) is 0. The van der Waals surface area contributed by atoms with Crippen LogP contribution in [0.2, 0.25) is 0 Å². The van der Waals surface area contributed by atoms with Crippen molar-refractivity contribution in [1.29, 1.82) is 0 Å². The smallest absolute Gasteiger partial charge is 0.309 e. The van der Waals surface area contributed by atoms with Crippen LogP contribution in [0, 0.1) is 5.92 Å². The van der Waals surface area contributed by atoms with Gasteiger partial charge in [0.15, 0.2) is 49.8 Å². The van der Waals surface area contributed by atoms with E-state index in [2.05, 4.69) is 13.8 Å². The molecule has 24 nitrogen and oxygen atoms in total. The summed E-state index contributed by atoms with van der Waals surface area (Å²) in [5.74, 6) is -2.57. The Kier molecular flexibility index (Phi) is 31.2. The first-order chi connectivity index (χ1) is 41.6. The number of esters is 3. The number of carbonyl (C=O) groups excluding carboxylic acids is 3. The van der Waals surface area contributed by atoms with Gasteiger partial charge in [0.1, 0.15) is 73.2 Å². The minimum absolute atomic E-state index is 0.0266. The molecule has 6 aliphatic heterocycles. The topological polar surface area (TPSA) is 333 Å². The lowest BCUT2D eigenvalue weighted by atomic mass is 9.95. The molecule has 0 aliphatic carbocycles. The summed E-state index contributed by atoms with van der Waals surface area (Å²) < 4.78 is 82.0. The van der Waals surface area contributed by atoms with Gasteiger partial charge in [-0.3, -0.25) is 14.4 Å². The SMILES string of the molecule is CCCCCCCCCCCC(=O)O[C@H]1[C@H](O[C@@H]2[C@H]3OC(=O)CCCCCCCCC[C@H](CCCCC)O[C@H]4O[C@H](C)[C@H](O)[C@H](O[C@H](O[C@H]2C)[C@@H]3O)[C@H]4O)O[C@@H](C)[C@H](O[C@@H]2O[C@@H](C)[C@H](OC(=O)[C@@H](C)CC)[C@@H](O)[C@H]2O)[C@H]1O[C@@H]1O[C@@H](C)[C@H](O)[C@@H](O)[C@H]1O. The second kappa shape index (κ2) is 36.8. The van der Waals surface area contributed by atoms with Crippen molar-refractivity contribution >= 4 is 17.9 Å². The van der Waals surface area contributed by atoms with Crippen LogP contribution in [-0.4, -0.2) is 218 Å². The zero-order valence-electron chi connectivity index (χ0n) is 53.2. The van der Waals surface area contributed by atoms with Crippen LogP contribution in [-0.2, 0) is 76.0 Å². The molecule has 506 valence electrons. The number of ether oxygens (including phenoxy) is 13. The average molecular weight is 1250 g/mol. The van der Waals surface area contributed by atoms with Crippen molar-refractivity contribution in [3.05, 3.63) is 0 Å². The van der Waals surface area contributed by atoms with Gasteiger partial charge < -0.3 is 102 Å². The standard InChI is InChI=1S/C63H110O24/c1-10-13-15-16-17-18-21-24-29-33-42(65)82-57-56(87-59-47(70)45(68)43(66)35(5)75-59)53(84-60-48(71)46(69)51(37(7)77-60)83-58(74)34(4)12-3)39(9)79-63(57)85-52-38(8)78-62-50(73)55(52)81-41(64)32-28-25-22-19-20-23-27-31-40(30-26-14-11-2)80-61-49(72)54(86-62)44(67)36(6)76-61/h34-40,43-57,59-63,66-73H,10-33H2,1-9H3/t34-,35-,36+,37-,38-,39-,40-,43-,44-,45+,46-,47+,48+,49+,50+,51-,52-,53-,54-,55-,56+,57+,59-,60-,61+,62-,63-/m0/s1. The van der Waals surface area contributed by atoms with Gasteiger partial charge in [0, 0.05) is 12.8 Å². The summed E-state index contributed by atoms with van der Waals surface area (Å²) in [4.78, 5) is 41.3. The molecule has 6 aliphatic rings. The highest BCUT2D eigenvalue weighted by molar-refractivity contribution is 5.72. The summed E-state index contributed by atoms with van der Waals surface area (Å²) in [7, 11) is 0. The molecule has 24 heteroatoms. The molecule has 6 rings (SSSR count). The van der Waals surface area contributed by atoms with E-state index in [4.69, 9.17) is 61.6 Å². The van der Waals surface area contributed by atoms with Crippen LogP contribution < -0.4 is 0 Å². The van der Waals surface area contributed by atoms with Gasteiger partial charge in [-0.2, -0.15) is 0 Å². The van der Waals surface area contributed by atoms with E-state index in [-0.39, 0.29) is 18.9 Å². The number of unbranched alkanes of at least 4 members (excludes halogenated alkanes) is 10. The summed E-state index contributed by atoms with van der Waals surface area (Å²) in [5.41, 5.74) is 0. The molecular weight excluding hydrogens is 1140 g/mol. The third-order valence-corrected chi connectivity index (χ3v) is 18.2. The molecule has 6 heterocycles. The maximum Gasteiger partial charge on any atom is 0.309 e. The average Bonchev–Trinajstić information content (AvgIpc) is 1.51. The normalized spacial score (nSPS) is 41.6. The first-order valence-electron chi connectivity index (χ1n) is 33.2. The highest BCUT2D eigenvalue weighted by atomic mass is 16.8. The molecule has 8 N–H and O–H groups in total. The minimum atomic E-state index is -1.91. The Morgan fingerprint density at radius 1 is 0.460 bits per heavy atom. The molecule has 87 heavy (non-hydrogen) atoms. The van der Waals surface area contributed by atoms with E-state index in [1.165, 1.54) is 27.2 Å². The van der Waals surface area contributed by atoms with Gasteiger partial charge in [-0.05, 0) is 66.7 Å². The Labute approximate surface area is 515 Å². The van der Waals surface area contributed by atoms with Crippen LogP contribution in [0.25, 0.3) is 0 Å². The molecule has 6 saturated heterocycles. The number of aliphatic hydroxyl groups excluding tert-OH is 8. The van der Waals surface area contributed by atoms with Crippen LogP contribution in [0.3, 0.4) is 0 Å². The first kappa shape index (κ1) is 73.7. The molecule has 0 aromatic heterocycles.